The summed E-state index contributed by atoms with van der Waals surface area (Å²) >= 11 is 0. The van der Waals surface area contributed by atoms with Crippen molar-refractivity contribution >= 4 is 11.4 Å². The van der Waals surface area contributed by atoms with E-state index in [1.165, 1.54) is 16.9 Å². The van der Waals surface area contributed by atoms with Gasteiger partial charge >= 0.3 is 0 Å². The molecule has 2 unspecified atom stereocenters. The second-order valence-electron chi connectivity index (χ2n) is 6.27. The van der Waals surface area contributed by atoms with Crippen LogP contribution in [0.1, 0.15) is 40.2 Å². The van der Waals surface area contributed by atoms with E-state index in [9.17, 15) is 0 Å². The van der Waals surface area contributed by atoms with Crippen molar-refractivity contribution in [3.05, 3.63) is 23.8 Å². The van der Waals surface area contributed by atoms with Crippen LogP contribution in [-0.2, 0) is 5.41 Å². The fourth-order valence-corrected chi connectivity index (χ4v) is 2.35. The summed E-state index contributed by atoms with van der Waals surface area (Å²) in [5, 5.41) is 3.61. The minimum absolute atomic E-state index is 0.210. The Morgan fingerprint density at radius 1 is 1.18 bits per heavy atom. The van der Waals surface area contributed by atoms with Gasteiger partial charge in [-0.3, -0.25) is 0 Å². The van der Waals surface area contributed by atoms with E-state index >= 15 is 0 Å². The van der Waals surface area contributed by atoms with E-state index in [2.05, 4.69) is 70.1 Å². The summed E-state index contributed by atoms with van der Waals surface area (Å²) in [5.41, 5.74) is 4.18. The Morgan fingerprint density at radius 2 is 1.82 bits per heavy atom. The SMILES string of the molecule is CC1Nc2cc(C(C)(C)C)ccc2N(C)C1C. The van der Waals surface area contributed by atoms with Gasteiger partial charge in [-0.2, -0.15) is 0 Å². The molecule has 0 amide bonds. The summed E-state index contributed by atoms with van der Waals surface area (Å²) in [6.45, 7) is 11.3. The van der Waals surface area contributed by atoms with Gasteiger partial charge in [0.2, 0.25) is 0 Å². The smallest absolute Gasteiger partial charge is 0.0602 e. The molecule has 0 aliphatic carbocycles. The third-order valence-electron chi connectivity index (χ3n) is 3.96. The molecule has 17 heavy (non-hydrogen) atoms. The van der Waals surface area contributed by atoms with Crippen molar-refractivity contribution < 1.29 is 0 Å². The van der Waals surface area contributed by atoms with Gasteiger partial charge in [0.25, 0.3) is 0 Å². The molecule has 1 aromatic carbocycles. The van der Waals surface area contributed by atoms with Crippen LogP contribution in [0.3, 0.4) is 0 Å². The lowest BCUT2D eigenvalue weighted by Gasteiger charge is -2.40. The van der Waals surface area contributed by atoms with Gasteiger partial charge in [0.05, 0.1) is 11.4 Å². The first-order chi connectivity index (χ1) is 7.80. The quantitative estimate of drug-likeness (QED) is 0.735. The van der Waals surface area contributed by atoms with Crippen LogP contribution in [0.15, 0.2) is 18.2 Å². The average molecular weight is 232 g/mol. The number of nitrogens with zero attached hydrogens (tertiary/aromatic N) is 1. The predicted octanol–water partition coefficient (Wildman–Crippen LogP) is 3.62. The molecule has 94 valence electrons. The molecule has 1 aliphatic rings. The summed E-state index contributed by atoms with van der Waals surface area (Å²) in [6, 6.07) is 7.81. The number of anilines is 2. The molecule has 0 fully saturated rings. The first-order valence-corrected chi connectivity index (χ1v) is 6.44. The first-order valence-electron chi connectivity index (χ1n) is 6.44. The van der Waals surface area contributed by atoms with Crippen molar-refractivity contribution in [3.63, 3.8) is 0 Å². The topological polar surface area (TPSA) is 15.3 Å². The molecule has 1 heterocycles. The van der Waals surface area contributed by atoms with Crippen molar-refractivity contribution in [1.82, 2.24) is 0 Å². The van der Waals surface area contributed by atoms with Gasteiger partial charge in [-0.05, 0) is 37.0 Å². The second kappa shape index (κ2) is 3.94. The minimum Gasteiger partial charge on any atom is -0.379 e. The highest BCUT2D eigenvalue weighted by molar-refractivity contribution is 5.74. The number of fused-ring (bicyclic) bond motifs is 1. The standard InChI is InChI=1S/C15H24N2/c1-10-11(2)17(6)14-8-7-12(15(3,4)5)9-13(14)16-10/h7-11,16H,1-6H3. The molecule has 0 bridgehead atoms. The highest BCUT2D eigenvalue weighted by Gasteiger charge is 2.26. The third kappa shape index (κ3) is 2.13. The zero-order valence-electron chi connectivity index (χ0n) is 11.8. The lowest BCUT2D eigenvalue weighted by Crippen LogP contribution is -2.45. The molecular formula is C15H24N2. The lowest BCUT2D eigenvalue weighted by atomic mass is 9.86. The van der Waals surface area contributed by atoms with Gasteiger partial charge in [-0.25, -0.2) is 0 Å². The predicted molar refractivity (Wildman–Crippen MR) is 76.1 cm³/mol. The highest BCUT2D eigenvalue weighted by atomic mass is 15.2. The summed E-state index contributed by atoms with van der Waals surface area (Å²) in [4.78, 5) is 2.36. The van der Waals surface area contributed by atoms with E-state index in [0.717, 1.165) is 0 Å². The molecule has 1 aromatic rings. The zero-order chi connectivity index (χ0) is 12.8. The second-order valence-corrected chi connectivity index (χ2v) is 6.27. The molecular weight excluding hydrogens is 208 g/mol. The fourth-order valence-electron chi connectivity index (χ4n) is 2.35. The number of hydrogen-bond acceptors (Lipinski definition) is 2. The van der Waals surface area contributed by atoms with Gasteiger partial charge in [-0.1, -0.05) is 26.8 Å². The Bertz CT molecular complexity index is 417. The Morgan fingerprint density at radius 3 is 2.41 bits per heavy atom. The molecule has 2 atom stereocenters. The Kier molecular flexibility index (Phi) is 2.84. The van der Waals surface area contributed by atoms with Crippen molar-refractivity contribution in [1.29, 1.82) is 0 Å². The molecule has 1 aliphatic heterocycles. The van der Waals surface area contributed by atoms with Gasteiger partial charge < -0.3 is 10.2 Å². The molecule has 0 aromatic heterocycles. The fraction of sp³-hybridized carbons (Fsp3) is 0.600. The van der Waals surface area contributed by atoms with Crippen LogP contribution in [0.2, 0.25) is 0 Å². The van der Waals surface area contributed by atoms with Crippen LogP contribution in [-0.4, -0.2) is 19.1 Å². The van der Waals surface area contributed by atoms with Crippen LogP contribution in [0.4, 0.5) is 11.4 Å². The molecule has 0 radical (unpaired) electrons. The van der Waals surface area contributed by atoms with Crippen LogP contribution < -0.4 is 10.2 Å². The summed E-state index contributed by atoms with van der Waals surface area (Å²) in [7, 11) is 2.18. The molecule has 2 heteroatoms. The van der Waals surface area contributed by atoms with E-state index in [1.807, 2.05) is 0 Å². The average Bonchev–Trinajstić information content (AvgIpc) is 2.24. The normalized spacial score (nSPS) is 24.2. The summed E-state index contributed by atoms with van der Waals surface area (Å²) in [5.74, 6) is 0. The maximum absolute atomic E-state index is 3.61. The molecule has 2 rings (SSSR count). The first kappa shape index (κ1) is 12.3. The van der Waals surface area contributed by atoms with Crippen LogP contribution in [0.5, 0.6) is 0 Å². The number of likely N-dealkylation sites (N-methyl/N-ethyl adjacent to an activating group) is 1. The Labute approximate surface area is 105 Å². The van der Waals surface area contributed by atoms with Gasteiger partial charge in [-0.15, -0.1) is 0 Å². The van der Waals surface area contributed by atoms with Crippen LogP contribution in [0, 0.1) is 0 Å². The maximum Gasteiger partial charge on any atom is 0.0602 e. The van der Waals surface area contributed by atoms with E-state index in [4.69, 9.17) is 0 Å². The van der Waals surface area contributed by atoms with Crippen LogP contribution >= 0.6 is 0 Å². The summed E-state index contributed by atoms with van der Waals surface area (Å²) < 4.78 is 0. The van der Waals surface area contributed by atoms with E-state index in [-0.39, 0.29) is 5.41 Å². The van der Waals surface area contributed by atoms with Crippen molar-refractivity contribution in [2.75, 3.05) is 17.3 Å². The lowest BCUT2D eigenvalue weighted by molar-refractivity contribution is 0.577. The number of benzene rings is 1. The van der Waals surface area contributed by atoms with Crippen LogP contribution in [0.25, 0.3) is 0 Å². The third-order valence-corrected chi connectivity index (χ3v) is 3.96. The highest BCUT2D eigenvalue weighted by Crippen LogP contribution is 2.36. The number of rotatable bonds is 0. The van der Waals surface area contributed by atoms with Gasteiger partial charge in [0.1, 0.15) is 0 Å². The van der Waals surface area contributed by atoms with Crippen molar-refractivity contribution in [2.24, 2.45) is 0 Å². The molecule has 0 saturated carbocycles. The summed E-state index contributed by atoms with van der Waals surface area (Å²) in [6.07, 6.45) is 0. The zero-order valence-corrected chi connectivity index (χ0v) is 11.8. The van der Waals surface area contributed by atoms with E-state index in [1.54, 1.807) is 0 Å². The van der Waals surface area contributed by atoms with E-state index < -0.39 is 0 Å². The molecule has 2 nitrogen and oxygen atoms in total. The van der Waals surface area contributed by atoms with Crippen molar-refractivity contribution in [3.8, 4) is 0 Å². The Balaban J connectivity index is 2.44. The maximum atomic E-state index is 3.61. The van der Waals surface area contributed by atoms with E-state index in [0.29, 0.717) is 12.1 Å². The Hall–Kier alpha value is -1.18. The molecule has 1 N–H and O–H groups in total. The molecule has 0 spiro atoms. The monoisotopic (exact) mass is 232 g/mol. The largest absolute Gasteiger partial charge is 0.379 e. The van der Waals surface area contributed by atoms with Crippen molar-refractivity contribution in [2.45, 2.75) is 52.1 Å². The van der Waals surface area contributed by atoms with Gasteiger partial charge in [0, 0.05) is 19.1 Å². The number of nitrogens with one attached hydrogen (secondary N) is 1. The minimum atomic E-state index is 0.210. The van der Waals surface area contributed by atoms with Gasteiger partial charge in [0.15, 0.2) is 0 Å². The number of hydrogen-bond donors (Lipinski definition) is 1. The molecule has 0 saturated heterocycles.